The Hall–Kier alpha value is -2.61. The third kappa shape index (κ3) is 3.22. The van der Waals surface area contributed by atoms with Crippen molar-refractivity contribution in [2.45, 2.75) is 44.8 Å². The van der Waals surface area contributed by atoms with Crippen LogP contribution in [0.1, 0.15) is 36.9 Å². The number of fused-ring (bicyclic) bond motifs is 2. The molecule has 3 aromatic rings. The Balaban J connectivity index is 1.74. The number of aromatic nitrogens is 4. The average molecular weight is 398 g/mol. The van der Waals surface area contributed by atoms with Crippen LogP contribution in [0.25, 0.3) is 16.7 Å². The standard InChI is InChI=1S/C20H23N5O2S/c1-4-7-21-17(26)9-14-11-28-20-23-18-15(19(27)24(14)20)10-22-25(18)16-6-5-12(2)8-13(16)3/h5-6,8,10,14H,4,7,9,11H2,1-3H3,(H,21,26). The number of aryl methyl sites for hydroxylation is 2. The maximum Gasteiger partial charge on any atom is 0.265 e. The molecule has 0 fully saturated rings. The first-order valence-electron chi connectivity index (χ1n) is 9.47. The molecule has 1 aliphatic rings. The molecule has 28 heavy (non-hydrogen) atoms. The number of thioether (sulfide) groups is 1. The number of nitrogens with zero attached hydrogens (tertiary/aromatic N) is 4. The van der Waals surface area contributed by atoms with E-state index >= 15 is 0 Å². The second-order valence-corrected chi connectivity index (χ2v) is 8.16. The van der Waals surface area contributed by atoms with Crippen molar-refractivity contribution in [2.75, 3.05) is 12.3 Å². The maximum absolute atomic E-state index is 13.1. The number of hydrogen-bond donors (Lipinski definition) is 1. The van der Waals surface area contributed by atoms with Crippen molar-refractivity contribution in [3.8, 4) is 5.69 Å². The molecule has 1 aliphatic heterocycles. The van der Waals surface area contributed by atoms with Gasteiger partial charge in [0, 0.05) is 18.7 Å². The van der Waals surface area contributed by atoms with Gasteiger partial charge in [0.05, 0.1) is 17.9 Å². The summed E-state index contributed by atoms with van der Waals surface area (Å²) in [5, 5.41) is 8.45. The van der Waals surface area contributed by atoms with E-state index in [1.54, 1.807) is 15.4 Å². The van der Waals surface area contributed by atoms with Gasteiger partial charge in [-0.1, -0.05) is 36.4 Å². The molecule has 1 N–H and O–H groups in total. The normalized spacial score (nSPS) is 15.8. The molecule has 0 saturated carbocycles. The summed E-state index contributed by atoms with van der Waals surface area (Å²) in [5.74, 6) is 0.643. The minimum atomic E-state index is -0.175. The Morgan fingerprint density at radius 2 is 2.18 bits per heavy atom. The van der Waals surface area contributed by atoms with Gasteiger partial charge in [-0.3, -0.25) is 14.2 Å². The number of benzene rings is 1. The fraction of sp³-hybridized carbons (Fsp3) is 0.400. The topological polar surface area (TPSA) is 81.8 Å². The van der Waals surface area contributed by atoms with Crippen LogP contribution in [-0.4, -0.2) is 37.5 Å². The van der Waals surface area contributed by atoms with Crippen LogP contribution < -0.4 is 10.9 Å². The third-order valence-corrected chi connectivity index (χ3v) is 6.04. The molecule has 1 aromatic carbocycles. The first kappa shape index (κ1) is 18.7. The highest BCUT2D eigenvalue weighted by molar-refractivity contribution is 7.99. The Labute approximate surface area is 167 Å². The Morgan fingerprint density at radius 1 is 1.36 bits per heavy atom. The van der Waals surface area contributed by atoms with Crippen LogP contribution in [0.15, 0.2) is 34.3 Å². The van der Waals surface area contributed by atoms with Gasteiger partial charge >= 0.3 is 0 Å². The van der Waals surface area contributed by atoms with E-state index in [4.69, 9.17) is 4.98 Å². The van der Waals surface area contributed by atoms with E-state index < -0.39 is 0 Å². The van der Waals surface area contributed by atoms with Crippen LogP contribution in [-0.2, 0) is 4.79 Å². The second-order valence-electron chi connectivity index (χ2n) is 7.17. The van der Waals surface area contributed by atoms with Crippen LogP contribution in [0, 0.1) is 13.8 Å². The summed E-state index contributed by atoms with van der Waals surface area (Å²) in [5.41, 5.74) is 3.59. The fourth-order valence-corrected chi connectivity index (χ4v) is 4.68. The van der Waals surface area contributed by atoms with Gasteiger partial charge in [-0.2, -0.15) is 5.10 Å². The summed E-state index contributed by atoms with van der Waals surface area (Å²) in [6.45, 7) is 6.73. The van der Waals surface area contributed by atoms with Gasteiger partial charge in [0.1, 0.15) is 5.39 Å². The predicted molar refractivity (Wildman–Crippen MR) is 110 cm³/mol. The Morgan fingerprint density at radius 3 is 2.93 bits per heavy atom. The van der Waals surface area contributed by atoms with Gasteiger partial charge in [0.15, 0.2) is 10.8 Å². The lowest BCUT2D eigenvalue weighted by Gasteiger charge is -2.13. The number of nitrogens with one attached hydrogen (secondary N) is 1. The number of hydrogen-bond acceptors (Lipinski definition) is 5. The minimum Gasteiger partial charge on any atom is -0.356 e. The molecule has 146 valence electrons. The average Bonchev–Trinajstić information content (AvgIpc) is 3.25. The lowest BCUT2D eigenvalue weighted by Crippen LogP contribution is -2.31. The lowest BCUT2D eigenvalue weighted by atomic mass is 10.1. The van der Waals surface area contributed by atoms with Gasteiger partial charge in [-0.15, -0.1) is 0 Å². The predicted octanol–water partition coefficient (Wildman–Crippen LogP) is 2.76. The van der Waals surface area contributed by atoms with Gasteiger partial charge in [0.2, 0.25) is 5.91 Å². The number of amides is 1. The van der Waals surface area contributed by atoms with Crippen LogP contribution in [0.2, 0.25) is 0 Å². The Kier molecular flexibility index (Phi) is 4.97. The Bertz CT molecular complexity index is 1120. The van der Waals surface area contributed by atoms with Gasteiger partial charge in [0.25, 0.3) is 5.56 Å². The highest BCUT2D eigenvalue weighted by Gasteiger charge is 2.29. The largest absolute Gasteiger partial charge is 0.356 e. The summed E-state index contributed by atoms with van der Waals surface area (Å²) in [7, 11) is 0. The summed E-state index contributed by atoms with van der Waals surface area (Å²) in [6, 6.07) is 5.93. The van der Waals surface area contributed by atoms with Crippen molar-refractivity contribution in [1.82, 2.24) is 24.6 Å². The zero-order valence-corrected chi connectivity index (χ0v) is 17.0. The lowest BCUT2D eigenvalue weighted by molar-refractivity contribution is -0.121. The zero-order valence-electron chi connectivity index (χ0n) is 16.2. The van der Waals surface area contributed by atoms with E-state index in [2.05, 4.69) is 16.5 Å². The number of carbonyl (C=O) groups is 1. The molecule has 2 aromatic heterocycles. The smallest absolute Gasteiger partial charge is 0.265 e. The molecule has 0 spiro atoms. The number of rotatable bonds is 5. The molecule has 1 unspecified atom stereocenters. The van der Waals surface area contributed by atoms with Crippen molar-refractivity contribution in [3.63, 3.8) is 0 Å². The molecule has 0 bridgehead atoms. The van der Waals surface area contributed by atoms with Crippen molar-refractivity contribution in [1.29, 1.82) is 0 Å². The van der Waals surface area contributed by atoms with Crippen LogP contribution in [0.5, 0.6) is 0 Å². The van der Waals surface area contributed by atoms with Gasteiger partial charge in [-0.05, 0) is 31.9 Å². The molecule has 0 saturated heterocycles. The molecular weight excluding hydrogens is 374 g/mol. The highest BCUT2D eigenvalue weighted by atomic mass is 32.2. The van der Waals surface area contributed by atoms with Crippen molar-refractivity contribution < 1.29 is 4.79 Å². The third-order valence-electron chi connectivity index (χ3n) is 4.94. The summed E-state index contributed by atoms with van der Waals surface area (Å²) in [6.07, 6.45) is 2.76. The molecule has 7 nitrogen and oxygen atoms in total. The zero-order chi connectivity index (χ0) is 19.8. The van der Waals surface area contributed by atoms with Gasteiger partial charge in [-0.25, -0.2) is 9.67 Å². The van der Waals surface area contributed by atoms with Crippen molar-refractivity contribution >= 4 is 28.7 Å². The number of carbonyl (C=O) groups excluding carboxylic acids is 1. The van der Waals surface area contributed by atoms with Crippen molar-refractivity contribution in [2.24, 2.45) is 0 Å². The molecule has 8 heteroatoms. The van der Waals surface area contributed by atoms with Crippen LogP contribution in [0.3, 0.4) is 0 Å². The summed E-state index contributed by atoms with van der Waals surface area (Å²) >= 11 is 1.52. The first-order chi connectivity index (χ1) is 13.5. The SMILES string of the molecule is CCCNC(=O)CC1CSc2nc3c(cnn3-c3ccc(C)cc3C)c(=O)n21. The van der Waals surface area contributed by atoms with E-state index in [-0.39, 0.29) is 23.9 Å². The fourth-order valence-electron chi connectivity index (χ4n) is 3.55. The van der Waals surface area contributed by atoms with Crippen molar-refractivity contribution in [3.05, 3.63) is 45.9 Å². The van der Waals surface area contributed by atoms with E-state index in [1.807, 2.05) is 32.9 Å². The molecule has 3 heterocycles. The second kappa shape index (κ2) is 7.43. The van der Waals surface area contributed by atoms with Gasteiger partial charge < -0.3 is 5.32 Å². The monoisotopic (exact) mass is 397 g/mol. The molecule has 1 amide bonds. The molecule has 0 radical (unpaired) electrons. The van der Waals surface area contributed by atoms with E-state index in [1.165, 1.54) is 17.3 Å². The van der Waals surface area contributed by atoms with E-state index in [9.17, 15) is 9.59 Å². The highest BCUT2D eigenvalue weighted by Crippen LogP contribution is 2.33. The van der Waals surface area contributed by atoms with E-state index in [0.29, 0.717) is 28.5 Å². The first-order valence-corrected chi connectivity index (χ1v) is 10.5. The minimum absolute atomic E-state index is 0.0294. The summed E-state index contributed by atoms with van der Waals surface area (Å²) < 4.78 is 3.39. The molecule has 1 atom stereocenters. The van der Waals surface area contributed by atoms with Crippen LogP contribution >= 0.6 is 11.8 Å². The summed E-state index contributed by atoms with van der Waals surface area (Å²) in [4.78, 5) is 30.0. The molecule has 0 aliphatic carbocycles. The quantitative estimate of drug-likeness (QED) is 0.670. The van der Waals surface area contributed by atoms with E-state index in [0.717, 1.165) is 17.7 Å². The molecular formula is C20H23N5O2S. The maximum atomic E-state index is 13.1. The van der Waals surface area contributed by atoms with Crippen LogP contribution in [0.4, 0.5) is 0 Å². The molecule has 4 rings (SSSR count).